The zero-order valence-electron chi connectivity index (χ0n) is 4.56. The van der Waals surface area contributed by atoms with Gasteiger partial charge in [0.05, 0.1) is 1.28 Å². The maximum atomic E-state index is 7.10. The summed E-state index contributed by atoms with van der Waals surface area (Å²) in [6, 6.07) is 0. The van der Waals surface area contributed by atoms with Crippen molar-refractivity contribution in [3.05, 3.63) is 0 Å². The topological polar surface area (TPSA) is 0 Å². The Morgan fingerprint density at radius 2 is 2.80 bits per heavy atom. The lowest BCUT2D eigenvalue weighted by molar-refractivity contribution is 2.37. The van der Waals surface area contributed by atoms with Gasteiger partial charge in [-0.1, -0.05) is 6.82 Å². The van der Waals surface area contributed by atoms with Crippen LogP contribution in [0.4, 0.5) is 0 Å². The molecule has 0 fully saturated rings. The molecule has 5 heavy (non-hydrogen) atoms. The molecule has 0 N–H and O–H groups in total. The van der Waals surface area contributed by atoms with Gasteiger partial charge in [0, 0.05) is 0 Å². The van der Waals surface area contributed by atoms with Crippen molar-refractivity contribution in [3.8, 4) is 0 Å². The Kier molecular flexibility index (Phi) is 3.89. The summed E-state index contributed by atoms with van der Waals surface area (Å²) in [5, 5.41) is 0. The predicted molar refractivity (Wildman–Crippen MR) is 34.8 cm³/mol. The van der Waals surface area contributed by atoms with Crippen LogP contribution in [-0.2, 0) is 0 Å². The van der Waals surface area contributed by atoms with Gasteiger partial charge in [0.25, 0.3) is 0 Å². The minimum Gasteiger partial charge on any atom is -0.151 e. The molecule has 1 unspecified atom stereocenters. The van der Waals surface area contributed by atoms with Crippen molar-refractivity contribution < 1.29 is 0 Å². The highest BCUT2D eigenvalue weighted by Gasteiger charge is 1.70. The molecule has 0 amide bonds. The first-order valence-electron chi connectivity index (χ1n) is 2.06. The molecule has 0 radical (unpaired) electrons. The molecule has 30 valence electrons. The van der Waals surface area contributed by atoms with E-state index in [1.807, 2.05) is 6.26 Å². The molecule has 0 saturated carbocycles. The minimum absolute atomic E-state index is 0.409. The van der Waals surface area contributed by atoms with Gasteiger partial charge in [0.1, 0.15) is 0 Å². The molecule has 0 saturated heterocycles. The standard InChI is InChI=1S/C2H8BPS/c1-3-4-5-2/h3-4H,1-2H3/i4D. The summed E-state index contributed by atoms with van der Waals surface area (Å²) >= 11 is 1.66. The molecule has 1 atom stereocenters. The molecular formula is C2H8BPS. The fourth-order valence-electron chi connectivity index (χ4n) is 0.129. The molecule has 0 aromatic heterocycles. The molecule has 0 bridgehead atoms. The van der Waals surface area contributed by atoms with Gasteiger partial charge in [0.15, 0.2) is 7.00 Å². The third-order valence-corrected chi connectivity index (χ3v) is 2.32. The number of hydrogen-bond donors (Lipinski definition) is 0. The Balaban J connectivity index is 2.75. The van der Waals surface area contributed by atoms with Crippen molar-refractivity contribution in [1.29, 1.82) is 1.28 Å². The second-order valence-corrected chi connectivity index (χ2v) is 3.75. The molecule has 0 rings (SSSR count). The van der Waals surface area contributed by atoms with Crippen LogP contribution in [0.15, 0.2) is 0 Å². The zero-order valence-corrected chi connectivity index (χ0v) is 5.27. The van der Waals surface area contributed by atoms with Gasteiger partial charge in [-0.3, -0.25) is 0 Å². The third-order valence-electron chi connectivity index (χ3n) is 0.258. The average Bonchev–Trinajstić information content (AvgIpc) is 1.65. The van der Waals surface area contributed by atoms with Gasteiger partial charge < -0.3 is 0 Å². The van der Waals surface area contributed by atoms with E-state index in [4.69, 9.17) is 1.28 Å². The average molecular weight is 107 g/mol. The lowest BCUT2D eigenvalue weighted by Crippen LogP contribution is -1.54. The Morgan fingerprint density at radius 1 is 2.20 bits per heavy atom. The van der Waals surface area contributed by atoms with Crippen LogP contribution in [0.1, 0.15) is 0 Å². The monoisotopic (exact) mass is 107 g/mol. The summed E-state index contributed by atoms with van der Waals surface area (Å²) in [6.07, 6.45) is 1.99. The fraction of sp³-hybridized carbons (Fsp3) is 1.00. The normalized spacial score (nSPS) is 16.8. The maximum Gasteiger partial charge on any atom is 0.158 e. The Labute approximate surface area is 41.1 Å². The molecule has 3 heteroatoms. The highest BCUT2D eigenvalue weighted by atomic mass is 32.7. The highest BCUT2D eigenvalue weighted by molar-refractivity contribution is 8.56. The van der Waals surface area contributed by atoms with Gasteiger partial charge in [-0.15, -0.1) is 7.61 Å². The molecule has 0 aromatic rings. The fourth-order valence-corrected chi connectivity index (χ4v) is 1.16. The molecule has 0 nitrogen and oxygen atoms in total. The summed E-state index contributed by atoms with van der Waals surface area (Å²) in [5.41, 5.74) is 0. The summed E-state index contributed by atoms with van der Waals surface area (Å²) < 4.78 is 7.10. The van der Waals surface area contributed by atoms with Gasteiger partial charge in [0.2, 0.25) is 0 Å². The van der Waals surface area contributed by atoms with Gasteiger partial charge in [-0.25, -0.2) is 0 Å². The minimum atomic E-state index is -0.409. The van der Waals surface area contributed by atoms with Crippen LogP contribution in [0.5, 0.6) is 0 Å². The van der Waals surface area contributed by atoms with Crippen LogP contribution in [0.2, 0.25) is 6.82 Å². The van der Waals surface area contributed by atoms with Crippen LogP contribution in [0.3, 0.4) is 0 Å². The van der Waals surface area contributed by atoms with Gasteiger partial charge >= 0.3 is 0 Å². The maximum absolute atomic E-state index is 7.10. The SMILES string of the molecule is [2H]P(BC)SC. The Morgan fingerprint density at radius 3 is 2.80 bits per heavy atom. The largest absolute Gasteiger partial charge is 0.158 e. The van der Waals surface area contributed by atoms with E-state index in [0.29, 0.717) is 0 Å². The smallest absolute Gasteiger partial charge is 0.151 e. The van der Waals surface area contributed by atoms with Crippen LogP contribution < -0.4 is 0 Å². The molecule has 0 aliphatic carbocycles. The molecular weight excluding hydrogens is 97.9 g/mol. The molecule has 0 heterocycles. The van der Waals surface area contributed by atoms with Crippen LogP contribution >= 0.6 is 19.0 Å². The van der Waals surface area contributed by atoms with Crippen LogP contribution in [0.25, 0.3) is 0 Å². The first kappa shape index (κ1) is 4.02. The third kappa shape index (κ3) is 4.84. The summed E-state index contributed by atoms with van der Waals surface area (Å²) in [6.45, 7) is 3.08. The van der Waals surface area contributed by atoms with Crippen molar-refractivity contribution in [2.75, 3.05) is 6.26 Å². The molecule has 0 aliphatic rings. The first-order valence-corrected chi connectivity index (χ1v) is 4.52. The Hall–Kier alpha value is 0.845. The van der Waals surface area contributed by atoms with E-state index in [2.05, 4.69) is 6.82 Å². The Bertz CT molecular complexity index is 32.7. The number of hydrogen-bond acceptors (Lipinski definition) is 1. The molecule has 0 aromatic carbocycles. The van der Waals surface area contributed by atoms with E-state index >= 15 is 0 Å². The lowest BCUT2D eigenvalue weighted by Gasteiger charge is -1.78. The predicted octanol–water partition coefficient (Wildman–Crippen LogP) is 1.34. The van der Waals surface area contributed by atoms with E-state index in [1.54, 1.807) is 11.4 Å². The second kappa shape index (κ2) is 4.84. The van der Waals surface area contributed by atoms with Gasteiger partial charge in [-0.05, 0) is 6.26 Å². The van der Waals surface area contributed by atoms with E-state index in [-0.39, 0.29) is 0 Å². The molecule has 0 spiro atoms. The van der Waals surface area contributed by atoms with Crippen LogP contribution in [-0.4, -0.2) is 14.5 Å². The van der Waals surface area contributed by atoms with E-state index in [1.165, 1.54) is 0 Å². The lowest BCUT2D eigenvalue weighted by atomic mass is 10.2. The van der Waals surface area contributed by atoms with E-state index < -0.39 is 7.61 Å². The van der Waals surface area contributed by atoms with E-state index in [0.717, 1.165) is 7.00 Å². The summed E-state index contributed by atoms with van der Waals surface area (Å²) in [7, 11) is -0.409. The van der Waals surface area contributed by atoms with Crippen molar-refractivity contribution in [2.45, 2.75) is 6.82 Å². The quantitative estimate of drug-likeness (QED) is 0.379. The zero-order chi connectivity index (χ0) is 4.99. The second-order valence-electron chi connectivity index (χ2n) is 0.628. The van der Waals surface area contributed by atoms with E-state index in [9.17, 15) is 0 Å². The highest BCUT2D eigenvalue weighted by Crippen LogP contribution is 2.21. The number of rotatable bonds is 2. The van der Waals surface area contributed by atoms with Crippen molar-refractivity contribution in [1.82, 2.24) is 0 Å². The van der Waals surface area contributed by atoms with Crippen molar-refractivity contribution >= 4 is 26.0 Å². The first-order chi connectivity index (χ1) is 2.81. The van der Waals surface area contributed by atoms with Gasteiger partial charge in [-0.2, -0.15) is 11.4 Å². The summed E-state index contributed by atoms with van der Waals surface area (Å²) in [5.74, 6) is 0. The van der Waals surface area contributed by atoms with Crippen molar-refractivity contribution in [2.24, 2.45) is 0 Å². The summed E-state index contributed by atoms with van der Waals surface area (Å²) in [4.78, 5) is 0. The molecule has 0 aliphatic heterocycles. The van der Waals surface area contributed by atoms with Crippen molar-refractivity contribution in [3.63, 3.8) is 0 Å². The van der Waals surface area contributed by atoms with Crippen LogP contribution in [0, 0.1) is 0 Å².